The average molecular weight is 700 g/mol. The highest BCUT2D eigenvalue weighted by Crippen LogP contribution is 2.20. The van der Waals surface area contributed by atoms with Crippen LogP contribution in [0, 0.1) is 11.8 Å². The minimum absolute atomic E-state index is 0.214. The molecule has 8 heteroatoms. The molecule has 0 aromatic rings. The van der Waals surface area contributed by atoms with E-state index in [1.165, 1.54) is 51.4 Å². The lowest BCUT2D eigenvalue weighted by Gasteiger charge is -2.24. The molecule has 0 aliphatic carbocycles. The van der Waals surface area contributed by atoms with E-state index in [2.05, 4.69) is 39.5 Å². The van der Waals surface area contributed by atoms with Gasteiger partial charge in [0.2, 0.25) is 0 Å². The van der Waals surface area contributed by atoms with Crippen LogP contribution in [0.4, 0.5) is 4.79 Å². The molecule has 0 rings (SSSR count). The monoisotopic (exact) mass is 700 g/mol. The van der Waals surface area contributed by atoms with E-state index in [9.17, 15) is 9.59 Å². The molecule has 0 saturated heterocycles. The van der Waals surface area contributed by atoms with Crippen molar-refractivity contribution in [2.24, 2.45) is 11.8 Å². The number of hydrogen-bond donors (Lipinski definition) is 0. The molecule has 0 aromatic carbocycles. The summed E-state index contributed by atoms with van der Waals surface area (Å²) < 4.78 is 29.3. The van der Waals surface area contributed by atoms with Crippen LogP contribution in [0.1, 0.15) is 182 Å². The Morgan fingerprint density at radius 2 is 1.04 bits per heavy atom. The maximum absolute atomic E-state index is 12.8. The van der Waals surface area contributed by atoms with Crippen molar-refractivity contribution >= 4 is 12.1 Å². The van der Waals surface area contributed by atoms with Crippen LogP contribution in [0.25, 0.3) is 0 Å². The quantitative estimate of drug-likeness (QED) is 0.0363. The second-order valence-electron chi connectivity index (χ2n) is 14.5. The van der Waals surface area contributed by atoms with Crippen LogP contribution >= 0.6 is 0 Å². The summed E-state index contributed by atoms with van der Waals surface area (Å²) in [6.45, 7) is 13.8. The fourth-order valence-electron chi connectivity index (χ4n) is 6.40. The number of carbonyl (C=O) groups is 2. The Kier molecular flexibility index (Phi) is 34.1. The van der Waals surface area contributed by atoms with E-state index in [1.807, 2.05) is 14.1 Å². The standard InChI is InChI=1S/C41H81NO7/c1-8-13-14-15-16-17-18-19-20-21-27-38(49-41(44)46-32-22-31-42(6)7)30-33-45-39(43)28-29-40(47-34-36(23-9-2)24-10-3)48-35-37(25-11-4)26-12-5/h36-38,40H,8-35H2,1-7H3. The van der Waals surface area contributed by atoms with E-state index in [4.69, 9.17) is 23.7 Å². The predicted octanol–water partition coefficient (Wildman–Crippen LogP) is 11.3. The van der Waals surface area contributed by atoms with Gasteiger partial charge in [-0.3, -0.25) is 4.79 Å². The van der Waals surface area contributed by atoms with Gasteiger partial charge in [0.25, 0.3) is 0 Å². The van der Waals surface area contributed by atoms with Gasteiger partial charge in [0.05, 0.1) is 32.8 Å². The van der Waals surface area contributed by atoms with Gasteiger partial charge in [0.15, 0.2) is 6.29 Å². The van der Waals surface area contributed by atoms with Crippen LogP contribution in [0.15, 0.2) is 0 Å². The van der Waals surface area contributed by atoms with Crippen LogP contribution in [0.5, 0.6) is 0 Å². The zero-order valence-corrected chi connectivity index (χ0v) is 33.4. The fraction of sp³-hybridized carbons (Fsp3) is 0.951. The second kappa shape index (κ2) is 35.0. The first kappa shape index (κ1) is 47.6. The van der Waals surface area contributed by atoms with Crippen molar-refractivity contribution in [3.63, 3.8) is 0 Å². The highest BCUT2D eigenvalue weighted by Gasteiger charge is 2.20. The van der Waals surface area contributed by atoms with E-state index >= 15 is 0 Å². The Bertz CT molecular complexity index is 703. The largest absolute Gasteiger partial charge is 0.508 e. The highest BCUT2D eigenvalue weighted by atomic mass is 16.7. The summed E-state index contributed by atoms with van der Waals surface area (Å²) in [5.74, 6) is 0.767. The Morgan fingerprint density at radius 1 is 0.531 bits per heavy atom. The Hall–Kier alpha value is -1.38. The van der Waals surface area contributed by atoms with Gasteiger partial charge in [-0.2, -0.15) is 0 Å². The smallest absolute Gasteiger partial charge is 0.466 e. The summed E-state index contributed by atoms with van der Waals surface area (Å²) in [5.41, 5.74) is 0. The zero-order valence-electron chi connectivity index (χ0n) is 33.4. The third kappa shape index (κ3) is 31.1. The lowest BCUT2D eigenvalue weighted by atomic mass is 9.99. The van der Waals surface area contributed by atoms with E-state index in [1.54, 1.807) is 0 Å². The molecule has 0 amide bonds. The summed E-state index contributed by atoms with van der Waals surface area (Å²) in [5, 5.41) is 0. The van der Waals surface area contributed by atoms with Gasteiger partial charge in [-0.25, -0.2) is 4.79 Å². The molecule has 0 aliphatic rings. The average Bonchev–Trinajstić information content (AvgIpc) is 3.07. The van der Waals surface area contributed by atoms with Crippen LogP contribution in [-0.4, -0.2) is 76.5 Å². The van der Waals surface area contributed by atoms with Gasteiger partial charge in [-0.15, -0.1) is 0 Å². The molecular formula is C41H81NO7. The highest BCUT2D eigenvalue weighted by molar-refractivity contribution is 5.69. The van der Waals surface area contributed by atoms with Crippen LogP contribution in [0.3, 0.4) is 0 Å². The SMILES string of the molecule is CCCCCCCCCCCCC(CCOC(=O)CCC(OCC(CCC)CCC)OCC(CCC)CCC)OC(=O)OCCCN(C)C. The first-order valence-corrected chi connectivity index (χ1v) is 20.7. The van der Waals surface area contributed by atoms with Gasteiger partial charge in [0, 0.05) is 19.4 Å². The number of esters is 1. The fourth-order valence-corrected chi connectivity index (χ4v) is 6.40. The van der Waals surface area contributed by atoms with Gasteiger partial charge in [0.1, 0.15) is 6.10 Å². The predicted molar refractivity (Wildman–Crippen MR) is 203 cm³/mol. The third-order valence-electron chi connectivity index (χ3n) is 9.22. The molecular weight excluding hydrogens is 618 g/mol. The third-order valence-corrected chi connectivity index (χ3v) is 9.22. The van der Waals surface area contributed by atoms with E-state index < -0.39 is 12.4 Å². The summed E-state index contributed by atoms with van der Waals surface area (Å²) >= 11 is 0. The molecule has 0 bridgehead atoms. The van der Waals surface area contributed by atoms with Crippen molar-refractivity contribution in [1.82, 2.24) is 4.90 Å². The van der Waals surface area contributed by atoms with Gasteiger partial charge >= 0.3 is 12.1 Å². The lowest BCUT2D eigenvalue weighted by Crippen LogP contribution is -2.26. The molecule has 0 heterocycles. The maximum Gasteiger partial charge on any atom is 0.508 e. The van der Waals surface area contributed by atoms with Crippen molar-refractivity contribution in [1.29, 1.82) is 0 Å². The molecule has 8 nitrogen and oxygen atoms in total. The summed E-state index contributed by atoms with van der Waals surface area (Å²) in [6, 6.07) is 0. The minimum atomic E-state index is -0.631. The van der Waals surface area contributed by atoms with Gasteiger partial charge in [-0.05, 0) is 70.9 Å². The minimum Gasteiger partial charge on any atom is -0.466 e. The van der Waals surface area contributed by atoms with Crippen molar-refractivity contribution in [2.45, 2.75) is 195 Å². The van der Waals surface area contributed by atoms with Crippen molar-refractivity contribution in [2.75, 3.05) is 47.1 Å². The molecule has 0 N–H and O–H groups in total. The van der Waals surface area contributed by atoms with Crippen molar-refractivity contribution < 1.29 is 33.3 Å². The van der Waals surface area contributed by atoms with E-state index in [0.29, 0.717) is 44.5 Å². The lowest BCUT2D eigenvalue weighted by molar-refractivity contribution is -0.169. The molecule has 0 fully saturated rings. The van der Waals surface area contributed by atoms with E-state index in [0.717, 1.165) is 83.6 Å². The van der Waals surface area contributed by atoms with Gasteiger partial charge < -0.3 is 28.6 Å². The summed E-state index contributed by atoms with van der Waals surface area (Å²) in [6.07, 6.45) is 22.9. The topological polar surface area (TPSA) is 83.5 Å². The van der Waals surface area contributed by atoms with Crippen molar-refractivity contribution in [3.05, 3.63) is 0 Å². The molecule has 1 unspecified atom stereocenters. The number of carbonyl (C=O) groups excluding carboxylic acids is 2. The number of ether oxygens (including phenoxy) is 5. The van der Waals surface area contributed by atoms with Gasteiger partial charge in [-0.1, -0.05) is 118 Å². The number of unbranched alkanes of at least 4 members (excludes halogenated alkanes) is 9. The Balaban J connectivity index is 4.90. The molecule has 0 aromatic heterocycles. The molecule has 0 spiro atoms. The molecule has 49 heavy (non-hydrogen) atoms. The van der Waals surface area contributed by atoms with Crippen LogP contribution < -0.4 is 0 Å². The first-order chi connectivity index (χ1) is 23.8. The molecule has 1 atom stereocenters. The summed E-state index contributed by atoms with van der Waals surface area (Å²) in [7, 11) is 3.99. The van der Waals surface area contributed by atoms with Crippen LogP contribution in [0.2, 0.25) is 0 Å². The molecule has 0 aliphatic heterocycles. The van der Waals surface area contributed by atoms with Crippen molar-refractivity contribution in [3.8, 4) is 0 Å². The molecule has 292 valence electrons. The molecule has 0 saturated carbocycles. The maximum atomic E-state index is 12.8. The Labute approximate surface area is 303 Å². The van der Waals surface area contributed by atoms with Crippen LogP contribution in [-0.2, 0) is 28.5 Å². The zero-order chi connectivity index (χ0) is 36.4. The first-order valence-electron chi connectivity index (χ1n) is 20.7. The second-order valence-corrected chi connectivity index (χ2v) is 14.5. The summed E-state index contributed by atoms with van der Waals surface area (Å²) in [4.78, 5) is 27.3. The normalized spacial score (nSPS) is 12.4. The number of nitrogens with zero attached hydrogens (tertiary/aromatic N) is 1. The molecule has 0 radical (unpaired) electrons. The Morgan fingerprint density at radius 3 is 1.53 bits per heavy atom. The number of rotatable bonds is 36. The van der Waals surface area contributed by atoms with E-state index in [-0.39, 0.29) is 25.1 Å². The number of hydrogen-bond acceptors (Lipinski definition) is 8.